The Balaban J connectivity index is 1.05. The van der Waals surface area contributed by atoms with Gasteiger partial charge in [-0.2, -0.15) is 0 Å². The summed E-state index contributed by atoms with van der Waals surface area (Å²) in [7, 11) is 0. The molecule has 224 valence electrons. The maximum Gasteiger partial charge on any atom is 0.0487 e. The summed E-state index contributed by atoms with van der Waals surface area (Å²) in [6.07, 6.45) is 7.98. The van der Waals surface area contributed by atoms with E-state index in [4.69, 9.17) is 0 Å². The van der Waals surface area contributed by atoms with Gasteiger partial charge in [-0.25, -0.2) is 0 Å². The van der Waals surface area contributed by atoms with Crippen LogP contribution in [0.1, 0.15) is 12.0 Å². The largest absolute Gasteiger partial charge is 0.340 e. The van der Waals surface area contributed by atoms with Crippen LogP contribution in [-0.2, 0) is 0 Å². The van der Waals surface area contributed by atoms with Gasteiger partial charge >= 0.3 is 0 Å². The molecule has 7 aromatic rings. The lowest BCUT2D eigenvalue weighted by Crippen LogP contribution is -2.23. The number of rotatable bonds is 5. The molecule has 47 heavy (non-hydrogen) atoms. The van der Waals surface area contributed by atoms with Gasteiger partial charge in [-0.1, -0.05) is 121 Å². The summed E-state index contributed by atoms with van der Waals surface area (Å²) in [5.41, 5.74) is 11.2. The number of para-hydroxylation sites is 2. The van der Waals surface area contributed by atoms with Crippen molar-refractivity contribution in [1.29, 1.82) is 0 Å². The number of nitrogens with zero attached hydrogens (tertiary/aromatic N) is 2. The topological polar surface area (TPSA) is 6.48 Å². The summed E-state index contributed by atoms with van der Waals surface area (Å²) in [6, 6.07) is 57.5. The minimum atomic E-state index is 0.517. The quantitative estimate of drug-likeness (QED) is 0.181. The highest BCUT2D eigenvalue weighted by Gasteiger charge is 2.25. The van der Waals surface area contributed by atoms with Gasteiger partial charge in [-0.3, -0.25) is 0 Å². The van der Waals surface area contributed by atoms with Crippen LogP contribution in [0.5, 0.6) is 0 Å². The Morgan fingerprint density at radius 1 is 0.532 bits per heavy atom. The molecule has 0 fully saturated rings. The van der Waals surface area contributed by atoms with Crippen LogP contribution >= 0.6 is 0 Å². The zero-order valence-corrected chi connectivity index (χ0v) is 26.1. The molecular formula is C45H34N2. The van der Waals surface area contributed by atoms with Crippen molar-refractivity contribution in [3.63, 3.8) is 0 Å². The summed E-state index contributed by atoms with van der Waals surface area (Å²) in [5, 5.41) is 5.05. The van der Waals surface area contributed by atoms with Crippen molar-refractivity contribution in [3.8, 4) is 11.1 Å². The molecule has 1 aliphatic heterocycles. The lowest BCUT2D eigenvalue weighted by atomic mass is 9.91. The molecule has 2 bridgehead atoms. The van der Waals surface area contributed by atoms with Gasteiger partial charge in [-0.15, -0.1) is 0 Å². The van der Waals surface area contributed by atoms with Gasteiger partial charge in [0.05, 0.1) is 0 Å². The van der Waals surface area contributed by atoms with Gasteiger partial charge in [0, 0.05) is 40.5 Å². The minimum Gasteiger partial charge on any atom is -0.340 e. The molecule has 0 radical (unpaired) electrons. The van der Waals surface area contributed by atoms with E-state index in [0.29, 0.717) is 5.92 Å². The monoisotopic (exact) mass is 602 g/mol. The first-order valence-electron chi connectivity index (χ1n) is 16.5. The van der Waals surface area contributed by atoms with Gasteiger partial charge in [0.25, 0.3) is 0 Å². The summed E-state index contributed by atoms with van der Waals surface area (Å²) >= 11 is 0. The van der Waals surface area contributed by atoms with Crippen molar-refractivity contribution in [3.05, 3.63) is 182 Å². The summed E-state index contributed by atoms with van der Waals surface area (Å²) in [5.74, 6) is 0.517. The Morgan fingerprint density at radius 2 is 1.17 bits per heavy atom. The summed E-state index contributed by atoms with van der Waals surface area (Å²) in [6.45, 7) is 0.985. The molecule has 0 N–H and O–H groups in total. The Labute approximate surface area is 276 Å². The van der Waals surface area contributed by atoms with Crippen molar-refractivity contribution in [2.75, 3.05) is 16.3 Å². The van der Waals surface area contributed by atoms with Gasteiger partial charge < -0.3 is 9.80 Å². The van der Waals surface area contributed by atoms with E-state index in [1.807, 2.05) is 0 Å². The first kappa shape index (κ1) is 27.5. The van der Waals surface area contributed by atoms with Crippen LogP contribution in [0.25, 0.3) is 38.2 Å². The Morgan fingerprint density at radius 3 is 2.00 bits per heavy atom. The molecule has 1 aliphatic carbocycles. The van der Waals surface area contributed by atoms with E-state index >= 15 is 0 Å². The number of allylic oxidation sites excluding steroid dienone is 3. The molecule has 2 aliphatic rings. The van der Waals surface area contributed by atoms with Gasteiger partial charge in [-0.05, 0) is 105 Å². The Bertz CT molecular complexity index is 2300. The number of hydrogen-bond donors (Lipinski definition) is 0. The van der Waals surface area contributed by atoms with Crippen molar-refractivity contribution in [2.24, 2.45) is 5.92 Å². The third kappa shape index (κ3) is 4.99. The number of benzene rings is 7. The van der Waals surface area contributed by atoms with Crippen LogP contribution in [-0.4, -0.2) is 6.54 Å². The van der Waals surface area contributed by atoms with E-state index in [2.05, 4.69) is 186 Å². The first-order valence-corrected chi connectivity index (χ1v) is 16.5. The van der Waals surface area contributed by atoms with E-state index in [-0.39, 0.29) is 0 Å². The van der Waals surface area contributed by atoms with Crippen LogP contribution in [0, 0.1) is 5.92 Å². The predicted molar refractivity (Wildman–Crippen MR) is 200 cm³/mol. The van der Waals surface area contributed by atoms with E-state index in [0.717, 1.165) is 30.0 Å². The number of hydrogen-bond acceptors (Lipinski definition) is 2. The number of fused-ring (bicyclic) bond motifs is 7. The molecule has 2 nitrogen and oxygen atoms in total. The molecule has 1 atom stereocenters. The highest BCUT2D eigenvalue weighted by atomic mass is 15.1. The highest BCUT2D eigenvalue weighted by molar-refractivity contribution is 6.09. The minimum absolute atomic E-state index is 0.517. The SMILES string of the molecule is C1=CC2CC(=C1)c1ccccc1N(c1ccc(-c3ccc(N(c4ccccc4)c4ccc5ccc6ccccc6c5c4)cc3)cc1)C2. The summed E-state index contributed by atoms with van der Waals surface area (Å²) in [4.78, 5) is 4.85. The van der Waals surface area contributed by atoms with Crippen molar-refractivity contribution >= 4 is 55.6 Å². The van der Waals surface area contributed by atoms with E-state index in [1.165, 1.54) is 55.2 Å². The highest BCUT2D eigenvalue weighted by Crippen LogP contribution is 2.42. The zero-order chi connectivity index (χ0) is 31.2. The van der Waals surface area contributed by atoms with Crippen molar-refractivity contribution in [2.45, 2.75) is 6.42 Å². The molecule has 1 heterocycles. The molecule has 0 saturated carbocycles. The van der Waals surface area contributed by atoms with Crippen LogP contribution in [0.15, 0.2) is 176 Å². The smallest absolute Gasteiger partial charge is 0.0487 e. The third-order valence-electron chi connectivity index (χ3n) is 9.76. The molecule has 0 amide bonds. The maximum atomic E-state index is 2.49. The van der Waals surface area contributed by atoms with E-state index < -0.39 is 0 Å². The lowest BCUT2D eigenvalue weighted by molar-refractivity contribution is 0.676. The van der Waals surface area contributed by atoms with E-state index in [1.54, 1.807) is 0 Å². The standard InChI is InChI=1S/C45H34N2/c1-2-12-39(13-3-1)47(41-28-23-36-18-17-35-10-4-5-14-42(35)44(36)30-41)40-26-21-34(22-27-40)33-19-24-38(25-20-33)46-31-32-9-8-11-37(29-32)43-15-6-7-16-45(43)46/h1-28,30,32H,29,31H2. The fourth-order valence-electron chi connectivity index (χ4n) is 7.42. The lowest BCUT2D eigenvalue weighted by Gasteiger charge is -2.27. The van der Waals surface area contributed by atoms with Gasteiger partial charge in [0.1, 0.15) is 0 Å². The molecule has 2 heteroatoms. The maximum absolute atomic E-state index is 2.49. The second-order valence-corrected chi connectivity index (χ2v) is 12.6. The van der Waals surface area contributed by atoms with Crippen molar-refractivity contribution < 1.29 is 0 Å². The molecule has 7 aromatic carbocycles. The van der Waals surface area contributed by atoms with Crippen molar-refractivity contribution in [1.82, 2.24) is 0 Å². The average molecular weight is 603 g/mol. The average Bonchev–Trinajstić information content (AvgIpc) is 3.25. The molecule has 9 rings (SSSR count). The van der Waals surface area contributed by atoms with Crippen LogP contribution in [0.3, 0.4) is 0 Å². The number of anilines is 5. The third-order valence-corrected chi connectivity index (χ3v) is 9.76. The zero-order valence-electron chi connectivity index (χ0n) is 26.1. The van der Waals surface area contributed by atoms with Gasteiger partial charge in [0.15, 0.2) is 0 Å². The normalized spacial score (nSPS) is 15.3. The predicted octanol–water partition coefficient (Wildman–Crippen LogP) is 12.2. The molecular weight excluding hydrogens is 569 g/mol. The van der Waals surface area contributed by atoms with Gasteiger partial charge in [0.2, 0.25) is 0 Å². The van der Waals surface area contributed by atoms with Crippen LogP contribution < -0.4 is 9.80 Å². The second-order valence-electron chi connectivity index (χ2n) is 12.6. The fourth-order valence-corrected chi connectivity index (χ4v) is 7.42. The first-order chi connectivity index (χ1) is 23.3. The fraction of sp³-hybridized carbons (Fsp3) is 0.0667. The molecule has 1 unspecified atom stereocenters. The van der Waals surface area contributed by atoms with Crippen LogP contribution in [0.2, 0.25) is 0 Å². The molecule has 0 spiro atoms. The molecule has 0 saturated heterocycles. The molecule has 0 aromatic heterocycles. The Kier molecular flexibility index (Phi) is 6.71. The Hall–Kier alpha value is -5.86. The second kappa shape index (κ2) is 11.5. The van der Waals surface area contributed by atoms with Crippen LogP contribution in [0.4, 0.5) is 28.4 Å². The van der Waals surface area contributed by atoms with E-state index in [9.17, 15) is 0 Å². The summed E-state index contributed by atoms with van der Waals surface area (Å²) < 4.78 is 0.